The fraction of sp³-hybridized carbons (Fsp3) is 0.727. The molecule has 0 atom stereocenters. The molecule has 0 aromatic carbocycles. The van der Waals surface area contributed by atoms with Crippen molar-refractivity contribution in [2.75, 3.05) is 31.7 Å². The van der Waals surface area contributed by atoms with Crippen LogP contribution >= 0.6 is 11.3 Å². The highest BCUT2D eigenvalue weighted by Gasteiger charge is 2.00. The van der Waals surface area contributed by atoms with E-state index in [0.29, 0.717) is 19.8 Å². The number of hydrogen-bond acceptors (Lipinski definition) is 5. The first-order valence-electron chi connectivity index (χ1n) is 5.70. The summed E-state index contributed by atoms with van der Waals surface area (Å²) in [6.45, 7) is 7.82. The predicted octanol–water partition coefficient (Wildman–Crippen LogP) is 2.52. The Balaban J connectivity index is 2.07. The SMILES string of the molecule is CCCOCCOCc1cnc(NCC)s1. The molecule has 1 aromatic heterocycles. The van der Waals surface area contributed by atoms with E-state index in [0.717, 1.165) is 29.6 Å². The zero-order valence-electron chi connectivity index (χ0n) is 9.99. The molecule has 5 heteroatoms. The molecule has 0 spiro atoms. The number of rotatable bonds is 9. The quantitative estimate of drug-likeness (QED) is 0.678. The van der Waals surface area contributed by atoms with E-state index >= 15 is 0 Å². The maximum Gasteiger partial charge on any atom is 0.182 e. The second-order valence-electron chi connectivity index (χ2n) is 3.33. The van der Waals surface area contributed by atoms with Crippen molar-refractivity contribution in [1.82, 2.24) is 4.98 Å². The molecule has 0 fully saturated rings. The number of hydrogen-bond donors (Lipinski definition) is 1. The van der Waals surface area contributed by atoms with Gasteiger partial charge in [-0.2, -0.15) is 0 Å². The Hall–Kier alpha value is -0.650. The van der Waals surface area contributed by atoms with E-state index in [2.05, 4.69) is 24.1 Å². The summed E-state index contributed by atoms with van der Waals surface area (Å²) < 4.78 is 10.8. The van der Waals surface area contributed by atoms with Crippen LogP contribution in [0, 0.1) is 0 Å². The van der Waals surface area contributed by atoms with Gasteiger partial charge in [-0.1, -0.05) is 18.3 Å². The third-order valence-corrected chi connectivity index (χ3v) is 2.77. The fourth-order valence-corrected chi connectivity index (χ4v) is 1.96. The third-order valence-electron chi connectivity index (χ3n) is 1.85. The van der Waals surface area contributed by atoms with Crippen molar-refractivity contribution in [3.8, 4) is 0 Å². The van der Waals surface area contributed by atoms with Crippen molar-refractivity contribution >= 4 is 16.5 Å². The molecule has 92 valence electrons. The second-order valence-corrected chi connectivity index (χ2v) is 4.44. The normalized spacial score (nSPS) is 10.6. The first-order valence-corrected chi connectivity index (χ1v) is 6.52. The third kappa shape index (κ3) is 5.44. The number of aromatic nitrogens is 1. The number of anilines is 1. The topological polar surface area (TPSA) is 43.4 Å². The van der Waals surface area contributed by atoms with Crippen LogP contribution in [0.3, 0.4) is 0 Å². The van der Waals surface area contributed by atoms with Crippen LogP contribution in [0.25, 0.3) is 0 Å². The lowest BCUT2D eigenvalue weighted by Crippen LogP contribution is -2.04. The predicted molar refractivity (Wildman–Crippen MR) is 67.0 cm³/mol. The van der Waals surface area contributed by atoms with Gasteiger partial charge in [0.2, 0.25) is 0 Å². The van der Waals surface area contributed by atoms with Gasteiger partial charge in [0, 0.05) is 19.3 Å². The maximum absolute atomic E-state index is 5.48. The Morgan fingerprint density at radius 3 is 2.81 bits per heavy atom. The minimum absolute atomic E-state index is 0.624. The van der Waals surface area contributed by atoms with Gasteiger partial charge in [0.05, 0.1) is 24.7 Å². The Morgan fingerprint density at radius 2 is 2.06 bits per heavy atom. The van der Waals surface area contributed by atoms with Gasteiger partial charge in [0.1, 0.15) is 0 Å². The fourth-order valence-electron chi connectivity index (χ4n) is 1.14. The van der Waals surface area contributed by atoms with E-state index in [4.69, 9.17) is 9.47 Å². The molecule has 0 aliphatic carbocycles. The van der Waals surface area contributed by atoms with Crippen molar-refractivity contribution in [3.63, 3.8) is 0 Å². The minimum Gasteiger partial charge on any atom is -0.379 e. The second kappa shape index (κ2) is 8.50. The van der Waals surface area contributed by atoms with Gasteiger partial charge in [0.15, 0.2) is 5.13 Å². The molecule has 0 aliphatic rings. The van der Waals surface area contributed by atoms with E-state index in [9.17, 15) is 0 Å². The van der Waals surface area contributed by atoms with Gasteiger partial charge in [-0.3, -0.25) is 0 Å². The van der Waals surface area contributed by atoms with Crippen molar-refractivity contribution in [2.45, 2.75) is 26.9 Å². The zero-order valence-corrected chi connectivity index (χ0v) is 10.8. The number of nitrogens with zero attached hydrogens (tertiary/aromatic N) is 1. The molecular weight excluding hydrogens is 224 g/mol. The molecule has 0 saturated carbocycles. The average Bonchev–Trinajstić information content (AvgIpc) is 2.72. The van der Waals surface area contributed by atoms with E-state index in [-0.39, 0.29) is 0 Å². The Bertz CT molecular complexity index is 279. The Kier molecular flexibility index (Phi) is 7.12. The number of nitrogens with one attached hydrogen (secondary N) is 1. The summed E-state index contributed by atoms with van der Waals surface area (Å²) in [4.78, 5) is 5.38. The van der Waals surface area contributed by atoms with Crippen LogP contribution in [0.2, 0.25) is 0 Å². The molecule has 0 unspecified atom stereocenters. The molecule has 16 heavy (non-hydrogen) atoms. The monoisotopic (exact) mass is 244 g/mol. The highest BCUT2D eigenvalue weighted by atomic mass is 32.1. The van der Waals surface area contributed by atoms with Gasteiger partial charge in [-0.15, -0.1) is 0 Å². The van der Waals surface area contributed by atoms with Gasteiger partial charge in [-0.25, -0.2) is 4.98 Å². The maximum atomic E-state index is 5.48. The molecular formula is C11H20N2O2S. The van der Waals surface area contributed by atoms with Crippen molar-refractivity contribution in [3.05, 3.63) is 11.1 Å². The average molecular weight is 244 g/mol. The number of thiazole rings is 1. The Labute approximate surface area is 101 Å². The zero-order chi connectivity index (χ0) is 11.6. The molecule has 0 radical (unpaired) electrons. The molecule has 1 rings (SSSR count). The van der Waals surface area contributed by atoms with Gasteiger partial charge in [-0.05, 0) is 13.3 Å². The van der Waals surface area contributed by atoms with E-state index in [1.54, 1.807) is 11.3 Å². The van der Waals surface area contributed by atoms with E-state index in [1.807, 2.05) is 6.20 Å². The minimum atomic E-state index is 0.624. The van der Waals surface area contributed by atoms with Crippen LogP contribution in [0.1, 0.15) is 25.1 Å². The number of ether oxygens (including phenoxy) is 2. The summed E-state index contributed by atoms with van der Waals surface area (Å²) in [5, 5.41) is 4.13. The first-order chi connectivity index (χ1) is 7.86. The van der Waals surface area contributed by atoms with Crippen LogP contribution in [-0.4, -0.2) is 31.3 Å². The van der Waals surface area contributed by atoms with Crippen LogP contribution in [-0.2, 0) is 16.1 Å². The standard InChI is InChI=1S/C11H20N2O2S/c1-3-5-14-6-7-15-9-10-8-13-11(16-10)12-4-2/h8H,3-7,9H2,1-2H3,(H,12,13). The highest BCUT2D eigenvalue weighted by molar-refractivity contribution is 7.15. The van der Waals surface area contributed by atoms with E-state index in [1.165, 1.54) is 0 Å². The largest absolute Gasteiger partial charge is 0.379 e. The molecule has 0 bridgehead atoms. The molecule has 1 aromatic rings. The van der Waals surface area contributed by atoms with Crippen LogP contribution < -0.4 is 5.32 Å². The Morgan fingerprint density at radius 1 is 1.25 bits per heavy atom. The lowest BCUT2D eigenvalue weighted by atomic mass is 10.5. The molecule has 4 nitrogen and oxygen atoms in total. The van der Waals surface area contributed by atoms with Crippen molar-refractivity contribution in [1.29, 1.82) is 0 Å². The summed E-state index contributed by atoms with van der Waals surface area (Å²) in [5.74, 6) is 0. The van der Waals surface area contributed by atoms with Gasteiger partial charge >= 0.3 is 0 Å². The molecule has 0 saturated heterocycles. The van der Waals surface area contributed by atoms with Gasteiger partial charge < -0.3 is 14.8 Å². The van der Waals surface area contributed by atoms with E-state index < -0.39 is 0 Å². The summed E-state index contributed by atoms with van der Waals surface area (Å²) in [6, 6.07) is 0. The summed E-state index contributed by atoms with van der Waals surface area (Å²) >= 11 is 1.64. The van der Waals surface area contributed by atoms with Gasteiger partial charge in [0.25, 0.3) is 0 Å². The lowest BCUT2D eigenvalue weighted by Gasteiger charge is -2.02. The lowest BCUT2D eigenvalue weighted by molar-refractivity contribution is 0.0417. The van der Waals surface area contributed by atoms with Crippen molar-refractivity contribution < 1.29 is 9.47 Å². The van der Waals surface area contributed by atoms with Crippen LogP contribution in [0.5, 0.6) is 0 Å². The molecule has 0 aliphatic heterocycles. The summed E-state index contributed by atoms with van der Waals surface area (Å²) in [7, 11) is 0. The summed E-state index contributed by atoms with van der Waals surface area (Å²) in [5.41, 5.74) is 0. The molecule has 0 amide bonds. The first kappa shape index (κ1) is 13.4. The molecule has 1 N–H and O–H groups in total. The van der Waals surface area contributed by atoms with Crippen LogP contribution in [0.4, 0.5) is 5.13 Å². The highest BCUT2D eigenvalue weighted by Crippen LogP contribution is 2.18. The smallest absolute Gasteiger partial charge is 0.182 e. The van der Waals surface area contributed by atoms with Crippen LogP contribution in [0.15, 0.2) is 6.20 Å². The summed E-state index contributed by atoms with van der Waals surface area (Å²) in [6.07, 6.45) is 2.91. The molecule has 1 heterocycles. The van der Waals surface area contributed by atoms with Crippen molar-refractivity contribution in [2.24, 2.45) is 0 Å².